The van der Waals surface area contributed by atoms with Crippen molar-refractivity contribution in [2.75, 3.05) is 10.6 Å². The molecule has 8 aromatic rings. The number of nitrogens with zero attached hydrogens (tertiary/aromatic N) is 6. The van der Waals surface area contributed by atoms with Gasteiger partial charge >= 0.3 is 0 Å². The Hall–Kier alpha value is -7.05. The van der Waals surface area contributed by atoms with Gasteiger partial charge in [0.2, 0.25) is 11.9 Å². The molecule has 0 radical (unpaired) electrons. The molecule has 0 bridgehead atoms. The molecule has 0 atom stereocenters. The second-order valence-electron chi connectivity index (χ2n) is 14.4. The number of hydrogen-bond donors (Lipinski definition) is 4. The standard InChI is InChI=1S/C24H23N5O.C22H20ClN5O/c1-16-15-20(13-14-25-16)30-19-11-9-18(10-12-19)23-27-24(29-28-23)26-22-8-4-6-17-5-2-3-7-21(17)22;1-13-10-17(11-14(2)20(13)23)25-22-26-21(27-28-22)16-4-6-18(7-5-16)29-19-8-9-24-15(3)12-19/h4,6,8-15H,2-3,5,7H2,1H3,(H2,26,27,28,29);4-12H,1-3H3,(H2,25,26,27,28). The van der Waals surface area contributed by atoms with E-state index >= 15 is 0 Å². The molecule has 59 heavy (non-hydrogen) atoms. The molecular formula is C46H43ClN10O2. The molecule has 0 amide bonds. The van der Waals surface area contributed by atoms with E-state index in [9.17, 15) is 0 Å². The summed E-state index contributed by atoms with van der Waals surface area (Å²) in [6.45, 7) is 7.82. The minimum Gasteiger partial charge on any atom is -0.457 e. The van der Waals surface area contributed by atoms with Crippen LogP contribution in [0.15, 0.2) is 116 Å². The lowest BCUT2D eigenvalue weighted by atomic mass is 9.90. The summed E-state index contributed by atoms with van der Waals surface area (Å²) >= 11 is 6.23. The number of ether oxygens (including phenoxy) is 2. The van der Waals surface area contributed by atoms with Crippen LogP contribution in [0.25, 0.3) is 22.8 Å². The predicted molar refractivity (Wildman–Crippen MR) is 232 cm³/mol. The van der Waals surface area contributed by atoms with E-state index in [1.54, 1.807) is 12.4 Å². The van der Waals surface area contributed by atoms with Crippen molar-refractivity contribution in [1.29, 1.82) is 0 Å². The van der Waals surface area contributed by atoms with Crippen LogP contribution in [0.3, 0.4) is 0 Å². The van der Waals surface area contributed by atoms with Gasteiger partial charge in [0.1, 0.15) is 23.0 Å². The first kappa shape index (κ1) is 38.8. The van der Waals surface area contributed by atoms with Crippen LogP contribution in [0.4, 0.5) is 23.3 Å². The molecule has 1 aliphatic carbocycles. The summed E-state index contributed by atoms with van der Waals surface area (Å²) < 4.78 is 11.7. The normalized spacial score (nSPS) is 11.9. The third-order valence-electron chi connectivity index (χ3n) is 9.77. The van der Waals surface area contributed by atoms with E-state index in [-0.39, 0.29) is 0 Å². The second-order valence-corrected chi connectivity index (χ2v) is 14.7. The Bertz CT molecular complexity index is 2670. The maximum absolute atomic E-state index is 6.23. The summed E-state index contributed by atoms with van der Waals surface area (Å²) in [6.07, 6.45) is 8.23. The van der Waals surface area contributed by atoms with Gasteiger partial charge < -0.3 is 20.1 Å². The molecule has 1 aliphatic rings. The third kappa shape index (κ3) is 9.74. The van der Waals surface area contributed by atoms with Crippen molar-refractivity contribution in [2.24, 2.45) is 0 Å². The number of fused-ring (bicyclic) bond motifs is 1. The topological polar surface area (TPSA) is 151 Å². The summed E-state index contributed by atoms with van der Waals surface area (Å²) in [4.78, 5) is 17.5. The van der Waals surface area contributed by atoms with Gasteiger partial charge in [-0.3, -0.25) is 20.2 Å². The first-order valence-electron chi connectivity index (χ1n) is 19.4. The number of aromatic amines is 2. The number of halogens is 1. The van der Waals surface area contributed by atoms with Crippen molar-refractivity contribution in [2.45, 2.75) is 53.4 Å². The molecule has 0 fully saturated rings. The largest absolute Gasteiger partial charge is 0.457 e. The molecule has 0 aliphatic heterocycles. The average molecular weight is 803 g/mol. The Balaban J connectivity index is 0.000000164. The van der Waals surface area contributed by atoms with Crippen LogP contribution in [0.5, 0.6) is 23.0 Å². The van der Waals surface area contributed by atoms with Crippen LogP contribution in [-0.2, 0) is 12.8 Å². The number of benzene rings is 4. The predicted octanol–water partition coefficient (Wildman–Crippen LogP) is 11.6. The Kier molecular flexibility index (Phi) is 11.6. The van der Waals surface area contributed by atoms with Crippen molar-refractivity contribution in [3.05, 3.63) is 154 Å². The second kappa shape index (κ2) is 17.6. The number of nitrogens with one attached hydrogen (secondary N) is 4. The number of hydrogen-bond acceptors (Lipinski definition) is 10. The minimum absolute atomic E-state index is 0.494. The zero-order valence-corrected chi connectivity index (χ0v) is 33.9. The van der Waals surface area contributed by atoms with Crippen LogP contribution in [-0.4, -0.2) is 40.3 Å². The van der Waals surface area contributed by atoms with Crippen LogP contribution in [0, 0.1) is 27.7 Å². The van der Waals surface area contributed by atoms with Gasteiger partial charge in [0, 0.05) is 63.4 Å². The van der Waals surface area contributed by atoms with Gasteiger partial charge in [-0.05, 0) is 154 Å². The molecule has 13 heteroatoms. The Morgan fingerprint density at radius 3 is 1.64 bits per heavy atom. The van der Waals surface area contributed by atoms with Crippen molar-refractivity contribution < 1.29 is 9.47 Å². The summed E-state index contributed by atoms with van der Waals surface area (Å²) in [7, 11) is 0. The van der Waals surface area contributed by atoms with E-state index < -0.39 is 0 Å². The highest BCUT2D eigenvalue weighted by Gasteiger charge is 2.15. The van der Waals surface area contributed by atoms with Gasteiger partial charge in [0.05, 0.1) is 0 Å². The van der Waals surface area contributed by atoms with E-state index in [0.29, 0.717) is 23.5 Å². The Labute approximate surface area is 347 Å². The number of rotatable bonds is 10. The van der Waals surface area contributed by atoms with E-state index in [4.69, 9.17) is 21.1 Å². The van der Waals surface area contributed by atoms with Crippen molar-refractivity contribution in [3.8, 4) is 45.8 Å². The monoisotopic (exact) mass is 802 g/mol. The van der Waals surface area contributed by atoms with Gasteiger partial charge in [-0.15, -0.1) is 10.2 Å². The first-order valence-corrected chi connectivity index (χ1v) is 19.8. The van der Waals surface area contributed by atoms with Crippen LogP contribution in [0.1, 0.15) is 46.5 Å². The Morgan fingerprint density at radius 2 is 1.10 bits per heavy atom. The molecular weight excluding hydrogens is 760 g/mol. The van der Waals surface area contributed by atoms with Gasteiger partial charge in [-0.1, -0.05) is 23.7 Å². The molecule has 4 aromatic carbocycles. The maximum atomic E-state index is 6.23. The SMILES string of the molecule is Cc1cc(Oc2ccc(-c3nc(Nc4cc(C)c(Cl)c(C)c4)n[nH]3)cc2)ccn1.Cc1cc(Oc2ccc(-c3nc(Nc4cccc5c4CCCC5)n[nH]3)cc2)ccn1. The number of aromatic nitrogens is 8. The summed E-state index contributed by atoms with van der Waals surface area (Å²) in [5.74, 6) is 5.49. The molecule has 4 N–H and O–H groups in total. The van der Waals surface area contributed by atoms with Gasteiger partial charge in [-0.25, -0.2) is 0 Å². The van der Waals surface area contributed by atoms with E-state index in [0.717, 1.165) is 85.9 Å². The minimum atomic E-state index is 0.494. The van der Waals surface area contributed by atoms with Gasteiger partial charge in [0.15, 0.2) is 11.6 Å². The fourth-order valence-electron chi connectivity index (χ4n) is 6.86. The molecule has 4 heterocycles. The van der Waals surface area contributed by atoms with E-state index in [2.05, 4.69) is 69.2 Å². The van der Waals surface area contributed by atoms with Crippen LogP contribution < -0.4 is 20.1 Å². The summed E-state index contributed by atoms with van der Waals surface area (Å²) in [5, 5.41) is 22.0. The highest BCUT2D eigenvalue weighted by Crippen LogP contribution is 2.31. The molecule has 4 aromatic heterocycles. The van der Waals surface area contributed by atoms with Crippen molar-refractivity contribution in [3.63, 3.8) is 0 Å². The summed E-state index contributed by atoms with van der Waals surface area (Å²) in [5.41, 5.74) is 10.5. The molecule has 0 saturated carbocycles. The molecule has 0 unspecified atom stereocenters. The lowest BCUT2D eigenvalue weighted by Crippen LogP contribution is -2.06. The Morgan fingerprint density at radius 1 is 0.576 bits per heavy atom. The lowest BCUT2D eigenvalue weighted by Gasteiger charge is -2.19. The fraction of sp³-hybridized carbons (Fsp3) is 0.174. The maximum Gasteiger partial charge on any atom is 0.246 e. The molecule has 9 rings (SSSR count). The summed E-state index contributed by atoms with van der Waals surface area (Å²) in [6, 6.07) is 33.3. The van der Waals surface area contributed by atoms with Gasteiger partial charge in [-0.2, -0.15) is 9.97 Å². The number of H-pyrrole nitrogens is 2. The van der Waals surface area contributed by atoms with Gasteiger partial charge in [0.25, 0.3) is 0 Å². The number of aryl methyl sites for hydroxylation is 5. The van der Waals surface area contributed by atoms with E-state index in [1.165, 1.54) is 24.0 Å². The molecule has 296 valence electrons. The molecule has 12 nitrogen and oxygen atoms in total. The van der Waals surface area contributed by atoms with E-state index in [1.807, 2.05) is 113 Å². The highest BCUT2D eigenvalue weighted by atomic mass is 35.5. The van der Waals surface area contributed by atoms with Crippen molar-refractivity contribution in [1.82, 2.24) is 40.3 Å². The average Bonchev–Trinajstić information content (AvgIpc) is 3.91. The lowest BCUT2D eigenvalue weighted by molar-refractivity contribution is 0.481. The number of anilines is 4. The zero-order chi connectivity index (χ0) is 40.7. The quantitative estimate of drug-likeness (QED) is 0.105. The smallest absolute Gasteiger partial charge is 0.246 e. The molecule has 0 saturated heterocycles. The van der Waals surface area contributed by atoms with Crippen LogP contribution in [0.2, 0.25) is 5.02 Å². The fourth-order valence-corrected chi connectivity index (χ4v) is 6.97. The van der Waals surface area contributed by atoms with Crippen molar-refractivity contribution >= 4 is 34.9 Å². The molecule has 0 spiro atoms. The third-order valence-corrected chi connectivity index (χ3v) is 10.4. The highest BCUT2D eigenvalue weighted by molar-refractivity contribution is 6.32. The number of pyridine rings is 2. The van der Waals surface area contributed by atoms with Crippen LogP contribution >= 0.6 is 11.6 Å². The first-order chi connectivity index (χ1) is 28.7. The zero-order valence-electron chi connectivity index (χ0n) is 33.2.